The Morgan fingerprint density at radius 2 is 2.05 bits per heavy atom. The van der Waals surface area contributed by atoms with Crippen molar-refractivity contribution in [3.8, 4) is 22.8 Å². The first-order valence-corrected chi connectivity index (χ1v) is 14.8. The van der Waals surface area contributed by atoms with Crippen LogP contribution in [-0.2, 0) is 15.8 Å². The van der Waals surface area contributed by atoms with Gasteiger partial charge in [0.1, 0.15) is 40.3 Å². The number of primary amides is 1. The van der Waals surface area contributed by atoms with E-state index in [9.17, 15) is 19.1 Å². The minimum Gasteiger partial charge on any atom is -0.494 e. The van der Waals surface area contributed by atoms with E-state index in [4.69, 9.17) is 31.8 Å². The van der Waals surface area contributed by atoms with E-state index in [2.05, 4.69) is 15.4 Å². The third-order valence-electron chi connectivity index (χ3n) is 8.90. The van der Waals surface area contributed by atoms with Crippen LogP contribution in [0.2, 0.25) is 5.02 Å². The molecule has 2 amide bonds. The monoisotopic (exact) mass is 620 g/mol. The average molecular weight is 621 g/mol. The summed E-state index contributed by atoms with van der Waals surface area (Å²) in [5.74, 6) is -1.34. The lowest BCUT2D eigenvalue weighted by molar-refractivity contribution is -0.123. The molecule has 1 aromatic carbocycles. The van der Waals surface area contributed by atoms with Crippen LogP contribution in [0.4, 0.5) is 4.39 Å². The zero-order valence-corrected chi connectivity index (χ0v) is 24.8. The molecule has 2 atom stereocenters. The fraction of sp³-hybridized carbons (Fsp3) is 0.387. The summed E-state index contributed by atoms with van der Waals surface area (Å²) in [5.41, 5.74) is 5.20. The number of aromatic nitrogens is 4. The number of pyridine rings is 2. The molecule has 1 aliphatic heterocycles. The van der Waals surface area contributed by atoms with Crippen LogP contribution in [0.25, 0.3) is 22.2 Å². The largest absolute Gasteiger partial charge is 0.494 e. The SMILES string of the molecule is COc1cc(C(=O)NC[C@](O)(c2cc3c(c(-c4cnc(F)c(Cl)c4)n2)OC[C@]3(C)C(N)=O)C2CC2)cc2cn(C3CC3)nc12. The molecule has 3 aliphatic rings. The van der Waals surface area contributed by atoms with Crippen molar-refractivity contribution in [3.05, 3.63) is 64.5 Å². The smallest absolute Gasteiger partial charge is 0.251 e. The summed E-state index contributed by atoms with van der Waals surface area (Å²) < 4.78 is 27.3. The molecule has 7 rings (SSSR count). The third kappa shape index (κ3) is 4.63. The second-order valence-corrected chi connectivity index (χ2v) is 12.5. The Morgan fingerprint density at radius 3 is 2.70 bits per heavy atom. The molecule has 0 saturated heterocycles. The summed E-state index contributed by atoms with van der Waals surface area (Å²) in [7, 11) is 1.53. The minimum atomic E-state index is -1.61. The molecule has 4 heterocycles. The number of hydrogen-bond donors (Lipinski definition) is 3. The molecule has 0 bridgehead atoms. The Labute approximate surface area is 256 Å². The normalized spacial score (nSPS) is 20.6. The fourth-order valence-corrected chi connectivity index (χ4v) is 5.98. The van der Waals surface area contributed by atoms with Crippen molar-refractivity contribution in [1.29, 1.82) is 0 Å². The highest BCUT2D eigenvalue weighted by Gasteiger charge is 2.50. The van der Waals surface area contributed by atoms with Gasteiger partial charge in [-0.15, -0.1) is 0 Å². The standard InChI is InChI=1S/C31H30ClFN6O5/c1-30(29(34)41)14-44-26-20(30)10-23(37-25(26)16-8-21(32)27(33)35-11-16)31(42,18-3-4-18)13-36-28(40)15-7-17-12-39(19-5-6-19)38-24(17)22(9-15)43-2/h7-12,18-19,42H,3-6,13-14H2,1-2H3,(H2,34,41)(H,36,40)/t30-,31+/m0/s1. The predicted octanol–water partition coefficient (Wildman–Crippen LogP) is 3.79. The van der Waals surface area contributed by atoms with Gasteiger partial charge in [0, 0.05) is 34.5 Å². The molecule has 4 aromatic rings. The average Bonchev–Trinajstić information content (AvgIpc) is 3.96. The summed E-state index contributed by atoms with van der Waals surface area (Å²) in [4.78, 5) is 34.6. The Morgan fingerprint density at radius 1 is 1.27 bits per heavy atom. The summed E-state index contributed by atoms with van der Waals surface area (Å²) in [6, 6.07) is 6.71. The molecule has 228 valence electrons. The lowest BCUT2D eigenvalue weighted by Crippen LogP contribution is -2.44. The van der Waals surface area contributed by atoms with Gasteiger partial charge in [-0.3, -0.25) is 14.3 Å². The van der Waals surface area contributed by atoms with Crippen molar-refractivity contribution in [1.82, 2.24) is 25.1 Å². The van der Waals surface area contributed by atoms with Gasteiger partial charge in [0.15, 0.2) is 0 Å². The summed E-state index contributed by atoms with van der Waals surface area (Å²) in [6.07, 6.45) is 6.71. The lowest BCUT2D eigenvalue weighted by Gasteiger charge is -2.30. The molecule has 11 nitrogen and oxygen atoms in total. The van der Waals surface area contributed by atoms with Gasteiger partial charge in [-0.1, -0.05) is 11.6 Å². The van der Waals surface area contributed by atoms with Gasteiger partial charge in [-0.2, -0.15) is 9.49 Å². The second kappa shape index (κ2) is 10.1. The van der Waals surface area contributed by atoms with Gasteiger partial charge in [0.2, 0.25) is 11.9 Å². The van der Waals surface area contributed by atoms with Crippen LogP contribution in [0.5, 0.6) is 11.5 Å². The minimum absolute atomic E-state index is 0.0433. The van der Waals surface area contributed by atoms with E-state index in [1.165, 1.54) is 19.4 Å². The van der Waals surface area contributed by atoms with Crippen LogP contribution in [-0.4, -0.2) is 56.9 Å². The Balaban J connectivity index is 1.26. The van der Waals surface area contributed by atoms with Crippen molar-refractivity contribution >= 4 is 34.3 Å². The number of methoxy groups -OCH3 is 1. The van der Waals surface area contributed by atoms with Crippen LogP contribution in [0.15, 0.2) is 36.7 Å². The maximum Gasteiger partial charge on any atom is 0.251 e. The molecular formula is C31H30ClFN6O5. The molecule has 3 aromatic heterocycles. The molecular weight excluding hydrogens is 591 g/mol. The highest BCUT2D eigenvalue weighted by Crippen LogP contribution is 2.50. The van der Waals surface area contributed by atoms with Crippen molar-refractivity contribution in [2.75, 3.05) is 20.3 Å². The number of rotatable bonds is 9. The number of ether oxygens (including phenoxy) is 2. The molecule has 44 heavy (non-hydrogen) atoms. The zero-order valence-electron chi connectivity index (χ0n) is 24.1. The van der Waals surface area contributed by atoms with E-state index >= 15 is 0 Å². The number of amides is 2. The van der Waals surface area contributed by atoms with E-state index in [0.29, 0.717) is 46.8 Å². The van der Waals surface area contributed by atoms with Gasteiger partial charge in [-0.05, 0) is 62.8 Å². The molecule has 0 unspecified atom stereocenters. The maximum atomic E-state index is 13.9. The fourth-order valence-electron chi connectivity index (χ4n) is 5.81. The van der Waals surface area contributed by atoms with E-state index < -0.39 is 28.8 Å². The van der Waals surface area contributed by atoms with Crippen LogP contribution >= 0.6 is 11.6 Å². The van der Waals surface area contributed by atoms with Crippen LogP contribution in [0, 0.1) is 11.9 Å². The van der Waals surface area contributed by atoms with Crippen molar-refractivity contribution < 1.29 is 28.6 Å². The van der Waals surface area contributed by atoms with Gasteiger partial charge in [-0.25, -0.2) is 9.97 Å². The quantitative estimate of drug-likeness (QED) is 0.239. The molecule has 0 spiro atoms. The van der Waals surface area contributed by atoms with Crippen LogP contribution in [0.1, 0.15) is 60.3 Å². The van der Waals surface area contributed by atoms with E-state index in [1.807, 2.05) is 10.9 Å². The Kier molecular flexibility index (Phi) is 6.56. The van der Waals surface area contributed by atoms with Crippen molar-refractivity contribution in [2.45, 2.75) is 49.7 Å². The van der Waals surface area contributed by atoms with Gasteiger partial charge in [0.25, 0.3) is 5.91 Å². The number of nitrogens with one attached hydrogen (secondary N) is 1. The maximum absolute atomic E-state index is 13.9. The first-order valence-electron chi connectivity index (χ1n) is 14.4. The third-order valence-corrected chi connectivity index (χ3v) is 9.16. The summed E-state index contributed by atoms with van der Waals surface area (Å²) in [5, 5.41) is 20.3. The second-order valence-electron chi connectivity index (χ2n) is 12.1. The molecule has 2 fully saturated rings. The molecule has 2 saturated carbocycles. The number of nitrogens with zero attached hydrogens (tertiary/aromatic N) is 4. The first kappa shape index (κ1) is 28.5. The van der Waals surface area contributed by atoms with Crippen LogP contribution < -0.4 is 20.5 Å². The predicted molar refractivity (Wildman–Crippen MR) is 158 cm³/mol. The Bertz CT molecular complexity index is 1860. The number of fused-ring (bicyclic) bond motifs is 2. The highest BCUT2D eigenvalue weighted by atomic mass is 35.5. The van der Waals surface area contributed by atoms with Crippen molar-refractivity contribution in [3.63, 3.8) is 0 Å². The number of halogens is 2. The number of hydrogen-bond acceptors (Lipinski definition) is 8. The topological polar surface area (TPSA) is 154 Å². The zero-order chi connectivity index (χ0) is 31.0. The summed E-state index contributed by atoms with van der Waals surface area (Å²) >= 11 is 6.04. The van der Waals surface area contributed by atoms with Crippen LogP contribution in [0.3, 0.4) is 0 Å². The van der Waals surface area contributed by atoms with E-state index in [0.717, 1.165) is 18.2 Å². The molecule has 4 N–H and O–H groups in total. The number of carbonyl (C=O) groups excluding carboxylic acids is 2. The number of nitrogens with two attached hydrogens (primary N) is 1. The molecule has 0 radical (unpaired) electrons. The van der Waals surface area contributed by atoms with Gasteiger partial charge in [0.05, 0.1) is 30.4 Å². The van der Waals surface area contributed by atoms with Crippen molar-refractivity contribution in [2.24, 2.45) is 11.7 Å². The van der Waals surface area contributed by atoms with Gasteiger partial charge < -0.3 is 25.6 Å². The van der Waals surface area contributed by atoms with Gasteiger partial charge >= 0.3 is 0 Å². The lowest BCUT2D eigenvalue weighted by atomic mass is 9.81. The van der Waals surface area contributed by atoms with E-state index in [-0.39, 0.29) is 41.2 Å². The Hall–Kier alpha value is -4.29. The summed E-state index contributed by atoms with van der Waals surface area (Å²) in [6.45, 7) is 1.44. The first-order chi connectivity index (χ1) is 21.0. The number of aliphatic hydroxyl groups is 1. The number of benzene rings is 1. The highest BCUT2D eigenvalue weighted by molar-refractivity contribution is 6.30. The van der Waals surface area contributed by atoms with E-state index in [1.54, 1.807) is 25.1 Å². The number of carbonyl (C=O) groups is 2. The molecule has 13 heteroatoms. The molecule has 2 aliphatic carbocycles.